The van der Waals surface area contributed by atoms with E-state index in [1.54, 1.807) is 0 Å². The summed E-state index contributed by atoms with van der Waals surface area (Å²) in [5, 5.41) is 9.25. The van der Waals surface area contributed by atoms with E-state index in [2.05, 4.69) is 16.8 Å². The fraction of sp³-hybridized carbons (Fsp3) is 0.688. The number of nitrogens with two attached hydrogens (primary N) is 1. The maximum absolute atomic E-state index is 9.25. The molecule has 0 aromatic carbocycles. The lowest BCUT2D eigenvalue weighted by Crippen LogP contribution is -2.51. The fourth-order valence-electron chi connectivity index (χ4n) is 5.55. The minimum atomic E-state index is 0.235. The quantitative estimate of drug-likeness (QED) is 0.838. The average Bonchev–Trinajstić information content (AvgIpc) is 2.63. The largest absolute Gasteiger partial charge is 0.384 e. The van der Waals surface area contributed by atoms with Crippen molar-refractivity contribution < 1.29 is 0 Å². The lowest BCUT2D eigenvalue weighted by molar-refractivity contribution is -0.0418. The number of anilines is 1. The maximum Gasteiger partial charge on any atom is 0.122 e. The van der Waals surface area contributed by atoms with Crippen LogP contribution >= 0.6 is 0 Å². The molecular weight excluding hydrogens is 234 g/mol. The van der Waals surface area contributed by atoms with Gasteiger partial charge in [0.2, 0.25) is 0 Å². The molecular formula is C16H21N3. The number of nitrogen functional groups attached to an aromatic ring is 1. The van der Waals surface area contributed by atoms with E-state index in [1.165, 1.54) is 38.5 Å². The van der Waals surface area contributed by atoms with Crippen LogP contribution in [-0.4, -0.2) is 4.57 Å². The van der Waals surface area contributed by atoms with Crippen LogP contribution in [0.5, 0.6) is 0 Å². The van der Waals surface area contributed by atoms with Gasteiger partial charge in [0.15, 0.2) is 0 Å². The Kier molecular flexibility index (Phi) is 2.14. The Labute approximate surface area is 114 Å². The normalized spacial score (nSPS) is 39.5. The number of nitriles is 1. The summed E-state index contributed by atoms with van der Waals surface area (Å²) >= 11 is 0. The summed E-state index contributed by atoms with van der Waals surface area (Å²) < 4.78 is 2.28. The molecule has 4 aliphatic carbocycles. The monoisotopic (exact) mass is 255 g/mol. The molecule has 0 saturated heterocycles. The van der Waals surface area contributed by atoms with Crippen LogP contribution in [0.2, 0.25) is 0 Å². The number of hydrogen-bond acceptors (Lipinski definition) is 2. The van der Waals surface area contributed by atoms with Crippen molar-refractivity contribution in [2.24, 2.45) is 17.8 Å². The molecule has 3 nitrogen and oxygen atoms in total. The average molecular weight is 255 g/mol. The highest BCUT2D eigenvalue weighted by Gasteiger charge is 2.52. The summed E-state index contributed by atoms with van der Waals surface area (Å²) in [5.74, 6) is 3.42. The summed E-state index contributed by atoms with van der Waals surface area (Å²) in [7, 11) is 0. The van der Waals surface area contributed by atoms with E-state index in [-0.39, 0.29) is 5.54 Å². The van der Waals surface area contributed by atoms with Gasteiger partial charge in [0.1, 0.15) is 11.9 Å². The van der Waals surface area contributed by atoms with Gasteiger partial charge < -0.3 is 10.3 Å². The van der Waals surface area contributed by atoms with Crippen LogP contribution in [0.15, 0.2) is 6.20 Å². The van der Waals surface area contributed by atoms with E-state index in [0.717, 1.165) is 23.3 Å². The molecule has 0 spiro atoms. The second-order valence-corrected chi connectivity index (χ2v) is 7.20. The van der Waals surface area contributed by atoms with Crippen molar-refractivity contribution in [3.05, 3.63) is 17.3 Å². The molecule has 4 bridgehead atoms. The van der Waals surface area contributed by atoms with Gasteiger partial charge in [-0.1, -0.05) is 0 Å². The Hall–Kier alpha value is -1.43. The molecule has 4 fully saturated rings. The van der Waals surface area contributed by atoms with Gasteiger partial charge >= 0.3 is 0 Å². The number of nitrogens with zero attached hydrogens (tertiary/aromatic N) is 2. The van der Waals surface area contributed by atoms with E-state index in [4.69, 9.17) is 5.73 Å². The lowest BCUT2D eigenvalue weighted by Gasteiger charge is -2.57. The summed E-state index contributed by atoms with van der Waals surface area (Å²) in [6, 6.07) is 2.27. The number of rotatable bonds is 1. The zero-order valence-corrected chi connectivity index (χ0v) is 11.5. The Balaban J connectivity index is 1.82. The number of aromatic nitrogens is 1. The van der Waals surface area contributed by atoms with Gasteiger partial charge in [-0.3, -0.25) is 0 Å². The number of aryl methyl sites for hydroxylation is 1. The molecule has 3 heteroatoms. The molecule has 1 aromatic heterocycles. The Morgan fingerprint density at radius 2 is 1.74 bits per heavy atom. The standard InChI is InChI=1S/C16H21N3/c1-10-9-19(15(18)14(10)8-17)16-5-11-2-12(6-16)4-13(3-11)7-16/h9,11-13H,2-7,18H2,1H3. The maximum atomic E-state index is 9.25. The molecule has 1 heterocycles. The molecule has 100 valence electrons. The highest BCUT2D eigenvalue weighted by molar-refractivity contribution is 5.55. The first kappa shape index (κ1) is 11.4. The van der Waals surface area contributed by atoms with Crippen LogP contribution in [0.3, 0.4) is 0 Å². The predicted octanol–water partition coefficient (Wildman–Crippen LogP) is 3.18. The molecule has 0 aliphatic heterocycles. The van der Waals surface area contributed by atoms with Crippen molar-refractivity contribution >= 4 is 5.82 Å². The Morgan fingerprint density at radius 3 is 2.16 bits per heavy atom. The van der Waals surface area contributed by atoms with E-state index in [1.807, 2.05) is 6.92 Å². The minimum absolute atomic E-state index is 0.235. The molecule has 19 heavy (non-hydrogen) atoms. The van der Waals surface area contributed by atoms with Crippen molar-refractivity contribution in [3.63, 3.8) is 0 Å². The summed E-state index contributed by atoms with van der Waals surface area (Å²) in [4.78, 5) is 0. The van der Waals surface area contributed by atoms with Gasteiger partial charge in [-0.15, -0.1) is 0 Å². The molecule has 4 aliphatic rings. The van der Waals surface area contributed by atoms with Crippen LogP contribution in [0.1, 0.15) is 49.7 Å². The summed E-state index contributed by atoms with van der Waals surface area (Å²) in [6.45, 7) is 2.01. The molecule has 0 amide bonds. The molecule has 0 radical (unpaired) electrons. The SMILES string of the molecule is Cc1cn(C23CC4CC(CC(C4)C2)C3)c(N)c1C#N. The van der Waals surface area contributed by atoms with Gasteiger partial charge in [-0.05, 0) is 68.8 Å². The lowest BCUT2D eigenvalue weighted by atomic mass is 9.53. The highest BCUT2D eigenvalue weighted by Crippen LogP contribution is 2.59. The molecule has 0 atom stereocenters. The molecule has 1 aromatic rings. The molecule has 5 rings (SSSR count). The zero-order chi connectivity index (χ0) is 13.2. The zero-order valence-electron chi connectivity index (χ0n) is 11.5. The van der Waals surface area contributed by atoms with Crippen molar-refractivity contribution in [3.8, 4) is 6.07 Å². The third-order valence-electron chi connectivity index (χ3n) is 5.86. The van der Waals surface area contributed by atoms with Crippen LogP contribution in [0, 0.1) is 36.0 Å². The first-order valence-corrected chi connectivity index (χ1v) is 7.49. The highest BCUT2D eigenvalue weighted by atomic mass is 15.1. The minimum Gasteiger partial charge on any atom is -0.384 e. The van der Waals surface area contributed by atoms with Crippen molar-refractivity contribution in [1.29, 1.82) is 5.26 Å². The van der Waals surface area contributed by atoms with Crippen LogP contribution in [0.25, 0.3) is 0 Å². The van der Waals surface area contributed by atoms with Crippen molar-refractivity contribution in [1.82, 2.24) is 4.57 Å². The summed E-state index contributed by atoms with van der Waals surface area (Å²) in [6.07, 6.45) is 10.3. The van der Waals surface area contributed by atoms with E-state index in [9.17, 15) is 5.26 Å². The Morgan fingerprint density at radius 1 is 1.21 bits per heavy atom. The van der Waals surface area contributed by atoms with Crippen LogP contribution < -0.4 is 5.73 Å². The first-order chi connectivity index (χ1) is 9.11. The van der Waals surface area contributed by atoms with Gasteiger partial charge in [-0.2, -0.15) is 5.26 Å². The third-order valence-corrected chi connectivity index (χ3v) is 5.86. The van der Waals surface area contributed by atoms with Crippen LogP contribution in [-0.2, 0) is 5.54 Å². The topological polar surface area (TPSA) is 54.7 Å². The van der Waals surface area contributed by atoms with E-state index >= 15 is 0 Å². The second-order valence-electron chi connectivity index (χ2n) is 7.20. The van der Waals surface area contributed by atoms with Crippen molar-refractivity contribution in [2.75, 3.05) is 5.73 Å². The third kappa shape index (κ3) is 1.43. The van der Waals surface area contributed by atoms with Gasteiger partial charge in [0, 0.05) is 11.7 Å². The van der Waals surface area contributed by atoms with Crippen molar-refractivity contribution in [2.45, 2.75) is 51.0 Å². The second kappa shape index (κ2) is 3.56. The van der Waals surface area contributed by atoms with Gasteiger partial charge in [-0.25, -0.2) is 0 Å². The fourth-order valence-corrected chi connectivity index (χ4v) is 5.55. The van der Waals surface area contributed by atoms with E-state index in [0.29, 0.717) is 11.4 Å². The molecule has 4 saturated carbocycles. The smallest absolute Gasteiger partial charge is 0.122 e. The van der Waals surface area contributed by atoms with Gasteiger partial charge in [0.05, 0.1) is 5.56 Å². The van der Waals surface area contributed by atoms with Crippen LogP contribution in [0.4, 0.5) is 5.82 Å². The molecule has 0 unspecified atom stereocenters. The first-order valence-electron chi connectivity index (χ1n) is 7.49. The van der Waals surface area contributed by atoms with Gasteiger partial charge in [0.25, 0.3) is 0 Å². The number of hydrogen-bond donors (Lipinski definition) is 1. The summed E-state index contributed by atoms with van der Waals surface area (Å²) in [5.41, 5.74) is 8.24. The van der Waals surface area contributed by atoms with E-state index < -0.39 is 0 Å². The molecule has 2 N–H and O–H groups in total. The Bertz CT molecular complexity index is 540. The predicted molar refractivity (Wildman–Crippen MR) is 74.4 cm³/mol.